The molecule has 5 rings (SSSR count). The van der Waals surface area contributed by atoms with Gasteiger partial charge in [0.05, 0.1) is 13.1 Å². The number of nitrogens with two attached hydrogens (primary N) is 1. The van der Waals surface area contributed by atoms with Gasteiger partial charge in [-0.25, -0.2) is 9.13 Å². The van der Waals surface area contributed by atoms with E-state index >= 15 is 0 Å². The van der Waals surface area contributed by atoms with E-state index in [0.717, 1.165) is 32.1 Å². The van der Waals surface area contributed by atoms with E-state index in [0.29, 0.717) is 0 Å². The molecule has 0 bridgehead atoms. The van der Waals surface area contributed by atoms with Gasteiger partial charge in [-0.15, -0.1) is 0 Å². The van der Waals surface area contributed by atoms with E-state index in [1.165, 1.54) is 80.4 Å². The standard InChI is InChI=1S/C32H41N5/c33-32-36(30-19-11-12-20-31(30)37(32)27-28-15-7-5-8-16-28)22-14-4-2-1-3-13-21-34-23-25-35(26-24-34)29-17-9-6-10-18-29/h5-12,15-20,33H,1-4,13-14,21-27H2/p+1. The van der Waals surface area contributed by atoms with Crippen LogP contribution in [0.2, 0.25) is 0 Å². The molecule has 1 saturated heterocycles. The van der Waals surface area contributed by atoms with Crippen molar-refractivity contribution in [3.8, 4) is 0 Å². The number of para-hydroxylation sites is 3. The van der Waals surface area contributed by atoms with Crippen molar-refractivity contribution in [1.29, 1.82) is 0 Å². The van der Waals surface area contributed by atoms with Crippen LogP contribution in [0.15, 0.2) is 84.9 Å². The summed E-state index contributed by atoms with van der Waals surface area (Å²) in [5, 5.41) is 0. The fourth-order valence-corrected chi connectivity index (χ4v) is 5.66. The number of rotatable bonds is 12. The smallest absolute Gasteiger partial charge is 0.356 e. The predicted molar refractivity (Wildman–Crippen MR) is 155 cm³/mol. The number of anilines is 2. The molecule has 1 aliphatic rings. The summed E-state index contributed by atoms with van der Waals surface area (Å²) in [5.74, 6) is 0.859. The number of nitrogen functional groups attached to an aromatic ring is 1. The summed E-state index contributed by atoms with van der Waals surface area (Å²) in [6.07, 6.45) is 7.74. The van der Waals surface area contributed by atoms with Crippen LogP contribution in [0.5, 0.6) is 0 Å². The van der Waals surface area contributed by atoms with Gasteiger partial charge in [0.2, 0.25) is 0 Å². The van der Waals surface area contributed by atoms with Crippen LogP contribution in [0.4, 0.5) is 11.6 Å². The average Bonchev–Trinajstić information content (AvgIpc) is 3.22. The average molecular weight is 497 g/mol. The van der Waals surface area contributed by atoms with Gasteiger partial charge in [-0.2, -0.15) is 0 Å². The normalized spacial score (nSPS) is 14.4. The minimum atomic E-state index is 0.807. The third kappa shape index (κ3) is 6.53. The lowest BCUT2D eigenvalue weighted by molar-refractivity contribution is -0.648. The van der Waals surface area contributed by atoms with Crippen LogP contribution in [0, 0.1) is 0 Å². The number of hydrogen-bond donors (Lipinski definition) is 1. The number of hydrogen-bond acceptors (Lipinski definition) is 3. The molecule has 3 aromatic carbocycles. The molecule has 2 N–H and O–H groups in total. The quantitative estimate of drug-likeness (QED) is 0.201. The van der Waals surface area contributed by atoms with Crippen LogP contribution in [0.1, 0.15) is 44.1 Å². The molecule has 1 fully saturated rings. The number of aromatic nitrogens is 2. The van der Waals surface area contributed by atoms with E-state index in [1.54, 1.807) is 0 Å². The van der Waals surface area contributed by atoms with Crippen molar-refractivity contribution in [2.45, 2.75) is 51.6 Å². The Labute approximate surface area is 222 Å². The topological polar surface area (TPSA) is 41.3 Å². The molecule has 0 saturated carbocycles. The zero-order valence-electron chi connectivity index (χ0n) is 22.1. The van der Waals surface area contributed by atoms with Crippen molar-refractivity contribution in [2.24, 2.45) is 0 Å². The van der Waals surface area contributed by atoms with Crippen LogP contribution < -0.4 is 15.2 Å². The summed E-state index contributed by atoms with van der Waals surface area (Å²) in [6.45, 7) is 7.70. The monoisotopic (exact) mass is 496 g/mol. The summed E-state index contributed by atoms with van der Waals surface area (Å²) < 4.78 is 4.57. The molecule has 0 aliphatic carbocycles. The summed E-state index contributed by atoms with van der Waals surface area (Å²) in [7, 11) is 0. The Hall–Kier alpha value is -3.31. The third-order valence-electron chi connectivity index (χ3n) is 7.80. The number of imidazole rings is 1. The first kappa shape index (κ1) is 25.3. The summed E-state index contributed by atoms with van der Waals surface area (Å²) in [6, 6.07) is 30.0. The molecule has 37 heavy (non-hydrogen) atoms. The number of piperazine rings is 1. The van der Waals surface area contributed by atoms with Gasteiger partial charge < -0.3 is 4.90 Å². The van der Waals surface area contributed by atoms with Crippen LogP contribution in [0.25, 0.3) is 11.0 Å². The number of unbranched alkanes of at least 4 members (excludes halogenated alkanes) is 5. The van der Waals surface area contributed by atoms with Crippen molar-refractivity contribution in [2.75, 3.05) is 43.4 Å². The highest BCUT2D eigenvalue weighted by atomic mass is 15.3. The SMILES string of the molecule is Nc1n(CCCCCCCCN2CCN(c3ccccc3)CC2)c2ccccc2[n+]1Cc1ccccc1. The minimum Gasteiger partial charge on any atom is -0.369 e. The Morgan fingerprint density at radius 1 is 0.622 bits per heavy atom. The second kappa shape index (κ2) is 12.8. The zero-order chi connectivity index (χ0) is 25.3. The van der Waals surface area contributed by atoms with E-state index in [4.69, 9.17) is 5.73 Å². The van der Waals surface area contributed by atoms with Gasteiger partial charge >= 0.3 is 5.95 Å². The molecule has 0 atom stereocenters. The van der Waals surface area contributed by atoms with Crippen LogP contribution in [0.3, 0.4) is 0 Å². The number of aryl methyl sites for hydroxylation is 1. The Balaban J connectivity index is 1.01. The van der Waals surface area contributed by atoms with Gasteiger partial charge in [-0.05, 0) is 49.2 Å². The van der Waals surface area contributed by atoms with Gasteiger partial charge in [0.15, 0.2) is 0 Å². The maximum absolute atomic E-state index is 6.68. The molecule has 194 valence electrons. The maximum atomic E-state index is 6.68. The molecule has 4 aromatic rings. The second-order valence-corrected chi connectivity index (χ2v) is 10.4. The molecule has 5 heteroatoms. The predicted octanol–water partition coefficient (Wildman–Crippen LogP) is 5.72. The van der Waals surface area contributed by atoms with E-state index < -0.39 is 0 Å². The number of fused-ring (bicyclic) bond motifs is 1. The van der Waals surface area contributed by atoms with Gasteiger partial charge in [0.1, 0.15) is 11.0 Å². The fourth-order valence-electron chi connectivity index (χ4n) is 5.66. The fraction of sp³-hybridized carbons (Fsp3) is 0.406. The van der Waals surface area contributed by atoms with E-state index in [-0.39, 0.29) is 0 Å². The second-order valence-electron chi connectivity index (χ2n) is 10.4. The molecule has 1 aliphatic heterocycles. The first-order valence-corrected chi connectivity index (χ1v) is 14.1. The zero-order valence-corrected chi connectivity index (χ0v) is 22.1. The first-order chi connectivity index (χ1) is 18.3. The molecule has 5 nitrogen and oxygen atoms in total. The number of nitrogens with zero attached hydrogens (tertiary/aromatic N) is 4. The molecule has 0 amide bonds. The summed E-state index contributed by atoms with van der Waals surface area (Å²) >= 11 is 0. The first-order valence-electron chi connectivity index (χ1n) is 14.1. The lowest BCUT2D eigenvalue weighted by atomic mass is 10.1. The molecular weight excluding hydrogens is 454 g/mol. The lowest BCUT2D eigenvalue weighted by Crippen LogP contribution is -2.46. The highest BCUT2D eigenvalue weighted by Gasteiger charge is 2.20. The molecule has 2 heterocycles. The minimum absolute atomic E-state index is 0.807. The van der Waals surface area contributed by atoms with Crippen molar-refractivity contribution in [3.63, 3.8) is 0 Å². The van der Waals surface area contributed by atoms with Gasteiger partial charge in [-0.3, -0.25) is 10.6 Å². The van der Waals surface area contributed by atoms with Crippen LogP contribution >= 0.6 is 0 Å². The third-order valence-corrected chi connectivity index (χ3v) is 7.80. The van der Waals surface area contributed by atoms with Gasteiger partial charge in [0, 0.05) is 31.9 Å². The van der Waals surface area contributed by atoms with E-state index in [9.17, 15) is 0 Å². The summed E-state index contributed by atoms with van der Waals surface area (Å²) in [5.41, 5.74) is 11.8. The van der Waals surface area contributed by atoms with Crippen molar-refractivity contribution >= 4 is 22.7 Å². The Morgan fingerprint density at radius 3 is 1.95 bits per heavy atom. The van der Waals surface area contributed by atoms with Crippen LogP contribution in [-0.4, -0.2) is 42.2 Å². The largest absolute Gasteiger partial charge is 0.369 e. The van der Waals surface area contributed by atoms with Gasteiger partial charge in [-0.1, -0.05) is 86.3 Å². The van der Waals surface area contributed by atoms with Crippen molar-refractivity contribution < 1.29 is 4.57 Å². The van der Waals surface area contributed by atoms with Crippen molar-refractivity contribution in [3.05, 3.63) is 90.5 Å². The number of benzene rings is 3. The van der Waals surface area contributed by atoms with Crippen LogP contribution in [-0.2, 0) is 13.1 Å². The van der Waals surface area contributed by atoms with E-state index in [2.05, 4.69) is 104 Å². The Morgan fingerprint density at radius 2 is 1.22 bits per heavy atom. The molecule has 0 spiro atoms. The highest BCUT2D eigenvalue weighted by molar-refractivity contribution is 5.73. The lowest BCUT2D eigenvalue weighted by Gasteiger charge is -2.36. The van der Waals surface area contributed by atoms with Crippen molar-refractivity contribution in [1.82, 2.24) is 9.47 Å². The summed E-state index contributed by atoms with van der Waals surface area (Å²) in [4.78, 5) is 5.16. The Kier molecular flexibility index (Phi) is 8.75. The Bertz CT molecular complexity index is 1230. The molecule has 0 radical (unpaired) electrons. The molecular formula is C32H42N5+. The highest BCUT2D eigenvalue weighted by Crippen LogP contribution is 2.19. The maximum Gasteiger partial charge on any atom is 0.356 e. The van der Waals surface area contributed by atoms with Gasteiger partial charge in [0.25, 0.3) is 0 Å². The van der Waals surface area contributed by atoms with E-state index in [1.807, 2.05) is 0 Å². The molecule has 0 unspecified atom stereocenters. The molecule has 1 aromatic heterocycles.